The van der Waals surface area contributed by atoms with Crippen LogP contribution in [0.4, 0.5) is 5.69 Å². The third kappa shape index (κ3) is 2.56. The first-order valence-electron chi connectivity index (χ1n) is 7.52. The Morgan fingerprint density at radius 3 is 2.18 bits per heavy atom. The van der Waals surface area contributed by atoms with Gasteiger partial charge in [-0.1, -0.05) is 18.2 Å². The molecule has 0 radical (unpaired) electrons. The van der Waals surface area contributed by atoms with Crippen LogP contribution in [0.5, 0.6) is 0 Å². The van der Waals surface area contributed by atoms with Crippen LogP contribution >= 0.6 is 0 Å². The molecule has 0 spiro atoms. The second kappa shape index (κ2) is 5.79. The van der Waals surface area contributed by atoms with E-state index in [1.807, 2.05) is 24.3 Å². The first-order valence-corrected chi connectivity index (χ1v) is 7.52. The Balaban J connectivity index is 1.67. The van der Waals surface area contributed by atoms with Gasteiger partial charge >= 0.3 is 11.8 Å². The standard InChI is InChI=1S/C16H19N3O3/c1-12(20)17-8-10-18(11-9-17)15(21)16(22)19-7-6-13-4-2-3-5-14(13)19/h2-5H,6-11H2,1H3. The second-order valence-electron chi connectivity index (χ2n) is 5.63. The summed E-state index contributed by atoms with van der Waals surface area (Å²) < 4.78 is 0. The van der Waals surface area contributed by atoms with Crippen LogP contribution in [0.2, 0.25) is 0 Å². The topological polar surface area (TPSA) is 60.9 Å². The minimum absolute atomic E-state index is 0.00638. The van der Waals surface area contributed by atoms with Gasteiger partial charge in [-0.05, 0) is 18.1 Å². The summed E-state index contributed by atoms with van der Waals surface area (Å²) >= 11 is 0. The number of rotatable bonds is 0. The van der Waals surface area contributed by atoms with Gasteiger partial charge in [-0.15, -0.1) is 0 Å². The number of carbonyl (C=O) groups is 3. The summed E-state index contributed by atoms with van der Waals surface area (Å²) in [4.78, 5) is 41.0. The maximum absolute atomic E-state index is 12.5. The lowest BCUT2D eigenvalue weighted by Gasteiger charge is -2.34. The first-order chi connectivity index (χ1) is 10.6. The van der Waals surface area contributed by atoms with Gasteiger partial charge in [-0.3, -0.25) is 14.4 Å². The van der Waals surface area contributed by atoms with Crippen LogP contribution in [0.15, 0.2) is 24.3 Å². The number of nitrogens with zero attached hydrogens (tertiary/aromatic N) is 3. The van der Waals surface area contributed by atoms with Crippen LogP contribution in [0.1, 0.15) is 12.5 Å². The molecule has 2 aliphatic heterocycles. The van der Waals surface area contributed by atoms with Crippen molar-refractivity contribution >= 4 is 23.4 Å². The quantitative estimate of drug-likeness (QED) is 0.646. The monoisotopic (exact) mass is 301 g/mol. The predicted octanol–water partition coefficient (Wildman–Crippen LogP) is 0.266. The summed E-state index contributed by atoms with van der Waals surface area (Å²) in [6, 6.07) is 7.68. The van der Waals surface area contributed by atoms with Gasteiger partial charge in [-0.25, -0.2) is 0 Å². The van der Waals surface area contributed by atoms with Gasteiger partial charge in [-0.2, -0.15) is 0 Å². The maximum Gasteiger partial charge on any atom is 0.316 e. The number of anilines is 1. The minimum Gasteiger partial charge on any atom is -0.339 e. The second-order valence-corrected chi connectivity index (χ2v) is 5.63. The lowest BCUT2D eigenvalue weighted by Crippen LogP contribution is -2.54. The van der Waals surface area contributed by atoms with Crippen molar-refractivity contribution in [2.45, 2.75) is 13.3 Å². The molecule has 1 saturated heterocycles. The summed E-state index contributed by atoms with van der Waals surface area (Å²) in [5, 5.41) is 0. The Morgan fingerprint density at radius 1 is 0.864 bits per heavy atom. The van der Waals surface area contributed by atoms with E-state index in [1.165, 1.54) is 6.92 Å². The smallest absolute Gasteiger partial charge is 0.316 e. The zero-order valence-corrected chi connectivity index (χ0v) is 12.6. The summed E-state index contributed by atoms with van der Waals surface area (Å²) in [6.45, 7) is 3.89. The molecule has 116 valence electrons. The molecule has 0 atom stereocenters. The highest BCUT2D eigenvalue weighted by Gasteiger charge is 2.33. The number of hydrogen-bond donors (Lipinski definition) is 0. The SMILES string of the molecule is CC(=O)N1CCN(C(=O)C(=O)N2CCc3ccccc32)CC1. The molecule has 3 rings (SSSR count). The third-order valence-electron chi connectivity index (χ3n) is 4.33. The minimum atomic E-state index is -0.472. The van der Waals surface area contributed by atoms with Crippen molar-refractivity contribution < 1.29 is 14.4 Å². The van der Waals surface area contributed by atoms with Crippen LogP contribution in [0.25, 0.3) is 0 Å². The molecule has 22 heavy (non-hydrogen) atoms. The van der Waals surface area contributed by atoms with E-state index in [2.05, 4.69) is 0 Å². The number of amides is 3. The molecule has 3 amide bonds. The Bertz CT molecular complexity index is 621. The van der Waals surface area contributed by atoms with Crippen molar-refractivity contribution in [1.82, 2.24) is 9.80 Å². The van der Waals surface area contributed by atoms with Gasteiger partial charge in [0.2, 0.25) is 5.91 Å². The van der Waals surface area contributed by atoms with Crippen LogP contribution < -0.4 is 4.90 Å². The lowest BCUT2D eigenvalue weighted by atomic mass is 10.2. The van der Waals surface area contributed by atoms with Crippen molar-refractivity contribution in [2.75, 3.05) is 37.6 Å². The Morgan fingerprint density at radius 2 is 1.50 bits per heavy atom. The van der Waals surface area contributed by atoms with Crippen LogP contribution in [0.3, 0.4) is 0 Å². The number of benzene rings is 1. The molecule has 6 heteroatoms. The van der Waals surface area contributed by atoms with Gasteiger partial charge in [0.15, 0.2) is 0 Å². The molecular formula is C16H19N3O3. The van der Waals surface area contributed by atoms with Crippen LogP contribution in [-0.2, 0) is 20.8 Å². The normalized spacial score (nSPS) is 17.4. The number of fused-ring (bicyclic) bond motifs is 1. The van der Waals surface area contributed by atoms with E-state index in [0.29, 0.717) is 32.7 Å². The molecule has 6 nitrogen and oxygen atoms in total. The number of hydrogen-bond acceptors (Lipinski definition) is 3. The number of piperazine rings is 1. The van der Waals surface area contributed by atoms with Gasteiger partial charge in [0, 0.05) is 45.3 Å². The Labute approximate surface area is 129 Å². The molecule has 0 unspecified atom stereocenters. The molecule has 2 aliphatic rings. The van der Waals surface area contributed by atoms with E-state index < -0.39 is 11.8 Å². The third-order valence-corrected chi connectivity index (χ3v) is 4.33. The molecule has 0 N–H and O–H groups in total. The van der Waals surface area contributed by atoms with Crippen molar-refractivity contribution in [3.05, 3.63) is 29.8 Å². The zero-order chi connectivity index (χ0) is 15.7. The van der Waals surface area contributed by atoms with E-state index in [0.717, 1.165) is 17.7 Å². The number of para-hydroxylation sites is 1. The summed E-state index contributed by atoms with van der Waals surface area (Å²) in [5.41, 5.74) is 1.94. The highest BCUT2D eigenvalue weighted by Crippen LogP contribution is 2.27. The van der Waals surface area contributed by atoms with Crippen LogP contribution in [-0.4, -0.2) is 60.2 Å². The van der Waals surface area contributed by atoms with Gasteiger partial charge in [0.05, 0.1) is 0 Å². The molecule has 1 aromatic rings. The van der Waals surface area contributed by atoms with Crippen LogP contribution in [0, 0.1) is 0 Å². The maximum atomic E-state index is 12.5. The predicted molar refractivity (Wildman–Crippen MR) is 81.3 cm³/mol. The van der Waals surface area contributed by atoms with Crippen molar-refractivity contribution in [2.24, 2.45) is 0 Å². The fraction of sp³-hybridized carbons (Fsp3) is 0.438. The van der Waals surface area contributed by atoms with Crippen molar-refractivity contribution in [3.63, 3.8) is 0 Å². The first kappa shape index (κ1) is 14.6. The van der Waals surface area contributed by atoms with E-state index in [9.17, 15) is 14.4 Å². The average Bonchev–Trinajstić information content (AvgIpc) is 2.97. The molecule has 2 heterocycles. The lowest BCUT2D eigenvalue weighted by molar-refractivity contribution is -0.146. The van der Waals surface area contributed by atoms with E-state index in [4.69, 9.17) is 0 Å². The fourth-order valence-corrected chi connectivity index (χ4v) is 3.02. The molecular weight excluding hydrogens is 282 g/mol. The fourth-order valence-electron chi connectivity index (χ4n) is 3.02. The molecule has 0 aliphatic carbocycles. The highest BCUT2D eigenvalue weighted by atomic mass is 16.2. The largest absolute Gasteiger partial charge is 0.339 e. The summed E-state index contributed by atoms with van der Waals surface area (Å²) in [5.74, 6) is -0.937. The highest BCUT2D eigenvalue weighted by molar-refractivity contribution is 6.40. The molecule has 0 saturated carbocycles. The Hall–Kier alpha value is -2.37. The van der Waals surface area contributed by atoms with Crippen molar-refractivity contribution in [1.29, 1.82) is 0 Å². The zero-order valence-electron chi connectivity index (χ0n) is 12.6. The van der Waals surface area contributed by atoms with Gasteiger partial charge < -0.3 is 14.7 Å². The van der Waals surface area contributed by atoms with Crippen molar-refractivity contribution in [3.8, 4) is 0 Å². The number of carbonyl (C=O) groups excluding carboxylic acids is 3. The van der Waals surface area contributed by atoms with E-state index in [1.54, 1.807) is 14.7 Å². The average molecular weight is 301 g/mol. The van der Waals surface area contributed by atoms with Gasteiger partial charge in [0.1, 0.15) is 0 Å². The summed E-state index contributed by atoms with van der Waals surface area (Å²) in [7, 11) is 0. The molecule has 0 bridgehead atoms. The molecule has 0 aromatic heterocycles. The Kier molecular flexibility index (Phi) is 3.83. The molecule has 1 aromatic carbocycles. The van der Waals surface area contributed by atoms with Gasteiger partial charge in [0.25, 0.3) is 0 Å². The summed E-state index contributed by atoms with van der Waals surface area (Å²) in [6.07, 6.45) is 0.785. The molecule has 1 fully saturated rings. The van der Waals surface area contributed by atoms with E-state index in [-0.39, 0.29) is 5.91 Å². The van der Waals surface area contributed by atoms with E-state index >= 15 is 0 Å².